The number of amides is 1. The van der Waals surface area contributed by atoms with Gasteiger partial charge in [0.1, 0.15) is 11.5 Å². The van der Waals surface area contributed by atoms with Crippen molar-refractivity contribution in [3.05, 3.63) is 72.0 Å². The maximum Gasteiger partial charge on any atom is 0.271 e. The summed E-state index contributed by atoms with van der Waals surface area (Å²) in [5.74, 6) is 0.760. The van der Waals surface area contributed by atoms with Crippen LogP contribution in [0.1, 0.15) is 40.4 Å². The van der Waals surface area contributed by atoms with Gasteiger partial charge in [-0.3, -0.25) is 14.7 Å². The topological polar surface area (TPSA) is 76.2 Å². The van der Waals surface area contributed by atoms with E-state index < -0.39 is 0 Å². The molecule has 0 bridgehead atoms. The summed E-state index contributed by atoms with van der Waals surface area (Å²) in [6.45, 7) is 5.10. The molecule has 3 aromatic heterocycles. The Kier molecular flexibility index (Phi) is 4.53. The smallest absolute Gasteiger partial charge is 0.271 e. The lowest BCUT2D eigenvalue weighted by Gasteiger charge is -2.33. The minimum Gasteiger partial charge on any atom is -0.472 e. The zero-order valence-corrected chi connectivity index (χ0v) is 14.6. The van der Waals surface area contributed by atoms with Crippen molar-refractivity contribution in [2.75, 3.05) is 6.54 Å². The lowest BCUT2D eigenvalue weighted by Crippen LogP contribution is -2.36. The van der Waals surface area contributed by atoms with Crippen molar-refractivity contribution in [2.45, 2.75) is 32.6 Å². The Bertz CT molecular complexity index is 873. The molecule has 1 N–H and O–H groups in total. The Labute approximate surface area is 151 Å². The molecule has 0 saturated carbocycles. The molecule has 7 heteroatoms. The molecule has 3 aromatic rings. The molecule has 0 spiro atoms. The van der Waals surface area contributed by atoms with E-state index >= 15 is 0 Å². The molecule has 1 aliphatic heterocycles. The fourth-order valence-electron chi connectivity index (χ4n) is 3.25. The van der Waals surface area contributed by atoms with Crippen LogP contribution in [-0.4, -0.2) is 31.9 Å². The lowest BCUT2D eigenvalue weighted by atomic mass is 10.2. The summed E-state index contributed by atoms with van der Waals surface area (Å²) in [6.07, 6.45) is 8.76. The van der Waals surface area contributed by atoms with Crippen molar-refractivity contribution in [3.8, 4) is 0 Å². The standard InChI is InChI=1S/C19H21N5O2/c1-14-18-22-17(19(25)21-10-15-3-2-5-20-9-15)12-24(18)7-6-23(14)11-16-4-8-26-13-16/h2-5,8-9,12-14H,6-7,10-11H2,1H3,(H,21,25)/t14-/m1/s1. The first-order valence-corrected chi connectivity index (χ1v) is 8.70. The minimum atomic E-state index is -0.163. The largest absolute Gasteiger partial charge is 0.472 e. The number of nitrogens with zero attached hydrogens (tertiary/aromatic N) is 4. The number of aromatic nitrogens is 3. The number of imidazole rings is 1. The first kappa shape index (κ1) is 16.5. The Balaban J connectivity index is 1.43. The number of carbonyl (C=O) groups excluding carboxylic acids is 1. The van der Waals surface area contributed by atoms with E-state index in [1.54, 1.807) is 24.9 Å². The van der Waals surface area contributed by atoms with Crippen LogP contribution in [-0.2, 0) is 19.6 Å². The third-order valence-corrected chi connectivity index (χ3v) is 4.73. The summed E-state index contributed by atoms with van der Waals surface area (Å²) in [7, 11) is 0. The van der Waals surface area contributed by atoms with Crippen LogP contribution >= 0.6 is 0 Å². The molecular weight excluding hydrogens is 330 g/mol. The van der Waals surface area contributed by atoms with Gasteiger partial charge in [0.05, 0.1) is 18.6 Å². The number of carbonyl (C=O) groups is 1. The molecule has 0 aliphatic carbocycles. The SMILES string of the molecule is C[C@@H]1c2nc(C(=O)NCc3cccnc3)cn2CCN1Cc1ccoc1. The van der Waals surface area contributed by atoms with Gasteiger partial charge in [-0.1, -0.05) is 6.07 Å². The molecule has 1 amide bonds. The van der Waals surface area contributed by atoms with Gasteiger partial charge >= 0.3 is 0 Å². The zero-order valence-electron chi connectivity index (χ0n) is 14.6. The number of fused-ring (bicyclic) bond motifs is 1. The Morgan fingerprint density at radius 1 is 1.35 bits per heavy atom. The highest BCUT2D eigenvalue weighted by Gasteiger charge is 2.27. The predicted molar refractivity (Wildman–Crippen MR) is 95.2 cm³/mol. The third-order valence-electron chi connectivity index (χ3n) is 4.73. The molecule has 1 atom stereocenters. The van der Waals surface area contributed by atoms with Gasteiger partial charge < -0.3 is 14.3 Å². The van der Waals surface area contributed by atoms with Gasteiger partial charge in [0.25, 0.3) is 5.91 Å². The predicted octanol–water partition coefficient (Wildman–Crippen LogP) is 2.38. The molecule has 7 nitrogen and oxygen atoms in total. The molecular formula is C19H21N5O2. The summed E-state index contributed by atoms with van der Waals surface area (Å²) in [6, 6.07) is 5.90. The number of hydrogen-bond acceptors (Lipinski definition) is 5. The molecule has 0 aromatic carbocycles. The Hall–Kier alpha value is -2.93. The molecule has 0 unspecified atom stereocenters. The fraction of sp³-hybridized carbons (Fsp3) is 0.316. The third kappa shape index (κ3) is 3.39. The van der Waals surface area contributed by atoms with Crippen LogP contribution in [0.4, 0.5) is 0 Å². The van der Waals surface area contributed by atoms with Crippen molar-refractivity contribution >= 4 is 5.91 Å². The average Bonchev–Trinajstić information content (AvgIpc) is 3.33. The van der Waals surface area contributed by atoms with E-state index in [4.69, 9.17) is 4.42 Å². The second kappa shape index (κ2) is 7.13. The molecule has 26 heavy (non-hydrogen) atoms. The van der Waals surface area contributed by atoms with Crippen LogP contribution in [0.3, 0.4) is 0 Å². The Morgan fingerprint density at radius 2 is 2.27 bits per heavy atom. The number of pyridine rings is 1. The summed E-state index contributed by atoms with van der Waals surface area (Å²) in [5.41, 5.74) is 2.57. The van der Waals surface area contributed by atoms with Crippen molar-refractivity contribution in [1.29, 1.82) is 0 Å². The van der Waals surface area contributed by atoms with Crippen molar-refractivity contribution in [2.24, 2.45) is 0 Å². The highest BCUT2D eigenvalue weighted by atomic mass is 16.3. The minimum absolute atomic E-state index is 0.138. The van der Waals surface area contributed by atoms with Crippen LogP contribution in [0.2, 0.25) is 0 Å². The average molecular weight is 351 g/mol. The second-order valence-electron chi connectivity index (χ2n) is 6.50. The summed E-state index contributed by atoms with van der Waals surface area (Å²) in [4.78, 5) is 23.4. The van der Waals surface area contributed by atoms with Crippen LogP contribution in [0.5, 0.6) is 0 Å². The van der Waals surface area contributed by atoms with Crippen LogP contribution in [0.15, 0.2) is 53.7 Å². The molecule has 134 valence electrons. The normalized spacial score (nSPS) is 17.0. The van der Waals surface area contributed by atoms with Crippen molar-refractivity contribution in [3.63, 3.8) is 0 Å². The number of furan rings is 1. The van der Waals surface area contributed by atoms with Gasteiger partial charge in [-0.2, -0.15) is 0 Å². The first-order valence-electron chi connectivity index (χ1n) is 8.70. The van der Waals surface area contributed by atoms with Crippen molar-refractivity contribution in [1.82, 2.24) is 24.8 Å². The second-order valence-corrected chi connectivity index (χ2v) is 6.50. The van der Waals surface area contributed by atoms with Crippen LogP contribution < -0.4 is 5.32 Å². The van der Waals surface area contributed by atoms with Gasteiger partial charge in [0.15, 0.2) is 0 Å². The van der Waals surface area contributed by atoms with Crippen LogP contribution in [0.25, 0.3) is 0 Å². The van der Waals surface area contributed by atoms with E-state index in [-0.39, 0.29) is 11.9 Å². The maximum atomic E-state index is 12.4. The van der Waals surface area contributed by atoms with E-state index in [1.807, 2.05) is 24.4 Å². The lowest BCUT2D eigenvalue weighted by molar-refractivity contribution is 0.0946. The maximum absolute atomic E-state index is 12.4. The van der Waals surface area contributed by atoms with E-state index in [2.05, 4.69) is 31.7 Å². The molecule has 1 aliphatic rings. The van der Waals surface area contributed by atoms with Gasteiger partial charge in [0, 0.05) is 50.3 Å². The van der Waals surface area contributed by atoms with Gasteiger partial charge in [0.2, 0.25) is 0 Å². The van der Waals surface area contributed by atoms with E-state index in [0.717, 1.165) is 36.6 Å². The monoisotopic (exact) mass is 351 g/mol. The number of hydrogen-bond donors (Lipinski definition) is 1. The summed E-state index contributed by atoms with van der Waals surface area (Å²) >= 11 is 0. The molecule has 0 radical (unpaired) electrons. The van der Waals surface area contributed by atoms with Gasteiger partial charge in [-0.05, 0) is 24.6 Å². The summed E-state index contributed by atoms with van der Waals surface area (Å²) < 4.78 is 7.23. The number of nitrogens with one attached hydrogen (secondary N) is 1. The van der Waals surface area contributed by atoms with E-state index in [1.165, 1.54) is 0 Å². The fourth-order valence-corrected chi connectivity index (χ4v) is 3.25. The zero-order chi connectivity index (χ0) is 17.9. The van der Waals surface area contributed by atoms with Crippen molar-refractivity contribution < 1.29 is 9.21 Å². The highest BCUT2D eigenvalue weighted by Crippen LogP contribution is 2.26. The molecule has 4 heterocycles. The van der Waals surface area contributed by atoms with Gasteiger partial charge in [-0.15, -0.1) is 0 Å². The summed E-state index contributed by atoms with van der Waals surface area (Å²) in [5, 5.41) is 2.91. The van der Waals surface area contributed by atoms with E-state index in [0.29, 0.717) is 12.2 Å². The first-order chi connectivity index (χ1) is 12.7. The van der Waals surface area contributed by atoms with Gasteiger partial charge in [-0.25, -0.2) is 4.98 Å². The Morgan fingerprint density at radius 3 is 3.04 bits per heavy atom. The molecule has 4 rings (SSSR count). The number of rotatable bonds is 5. The molecule has 0 saturated heterocycles. The highest BCUT2D eigenvalue weighted by molar-refractivity contribution is 5.92. The molecule has 0 fully saturated rings. The van der Waals surface area contributed by atoms with E-state index in [9.17, 15) is 4.79 Å². The van der Waals surface area contributed by atoms with Crippen LogP contribution in [0, 0.1) is 0 Å². The quantitative estimate of drug-likeness (QED) is 0.764.